The van der Waals surface area contributed by atoms with Crippen LogP contribution >= 0.6 is 11.6 Å². The van der Waals surface area contributed by atoms with Gasteiger partial charge in [-0.25, -0.2) is 0 Å². The van der Waals surface area contributed by atoms with Crippen molar-refractivity contribution in [2.75, 3.05) is 5.88 Å². The summed E-state index contributed by atoms with van der Waals surface area (Å²) >= 11 is 5.67. The lowest BCUT2D eigenvalue weighted by atomic mass is 10.0. The summed E-state index contributed by atoms with van der Waals surface area (Å²) in [6.07, 6.45) is 2.78. The molecule has 0 aliphatic carbocycles. The monoisotopic (exact) mass is 208 g/mol. The van der Waals surface area contributed by atoms with Gasteiger partial charge in [-0.3, -0.25) is 0 Å². The summed E-state index contributed by atoms with van der Waals surface area (Å²) in [6.45, 7) is 0. The summed E-state index contributed by atoms with van der Waals surface area (Å²) in [5.41, 5.74) is 8.30. The zero-order valence-electron chi connectivity index (χ0n) is 7.83. The van der Waals surface area contributed by atoms with E-state index in [4.69, 9.17) is 17.3 Å². The summed E-state index contributed by atoms with van der Waals surface area (Å²) in [5, 5.41) is 1.20. The Bertz CT molecular complexity index is 422. The number of hydrogen-bond donors (Lipinski definition) is 2. The molecular weight excluding hydrogens is 196 g/mol. The number of halogens is 1. The summed E-state index contributed by atoms with van der Waals surface area (Å²) in [4.78, 5) is 3.20. The van der Waals surface area contributed by atoms with Gasteiger partial charge in [-0.2, -0.15) is 0 Å². The number of benzene rings is 1. The van der Waals surface area contributed by atoms with Crippen LogP contribution in [0, 0.1) is 0 Å². The molecule has 3 N–H and O–H groups in total. The van der Waals surface area contributed by atoms with Crippen molar-refractivity contribution in [3.8, 4) is 0 Å². The fourth-order valence-corrected chi connectivity index (χ4v) is 1.91. The number of nitrogens with one attached hydrogen (secondary N) is 1. The van der Waals surface area contributed by atoms with E-state index in [1.54, 1.807) is 0 Å². The van der Waals surface area contributed by atoms with Crippen LogP contribution in [0.4, 0.5) is 0 Å². The highest BCUT2D eigenvalue weighted by atomic mass is 35.5. The predicted octanol–water partition coefficient (Wildman–Crippen LogP) is 2.80. The smallest absolute Gasteiger partial charge is 0.0457 e. The van der Waals surface area contributed by atoms with Gasteiger partial charge < -0.3 is 10.7 Å². The number of rotatable bonds is 3. The van der Waals surface area contributed by atoms with Gasteiger partial charge in [0.05, 0.1) is 0 Å². The lowest BCUT2D eigenvalue weighted by Crippen LogP contribution is -2.09. The van der Waals surface area contributed by atoms with E-state index < -0.39 is 0 Å². The van der Waals surface area contributed by atoms with Gasteiger partial charge >= 0.3 is 0 Å². The van der Waals surface area contributed by atoms with E-state index in [-0.39, 0.29) is 6.04 Å². The van der Waals surface area contributed by atoms with Gasteiger partial charge in [0.25, 0.3) is 0 Å². The summed E-state index contributed by atoms with van der Waals surface area (Å²) in [6, 6.07) is 8.19. The van der Waals surface area contributed by atoms with Crippen LogP contribution in [0.25, 0.3) is 10.9 Å². The lowest BCUT2D eigenvalue weighted by Gasteiger charge is -2.07. The fraction of sp³-hybridized carbons (Fsp3) is 0.273. The highest BCUT2D eigenvalue weighted by Crippen LogP contribution is 2.24. The number of alkyl halides is 1. The van der Waals surface area contributed by atoms with E-state index in [1.165, 1.54) is 5.39 Å². The van der Waals surface area contributed by atoms with Gasteiger partial charge in [-0.05, 0) is 18.1 Å². The quantitative estimate of drug-likeness (QED) is 0.749. The Morgan fingerprint density at radius 2 is 2.14 bits per heavy atom. The van der Waals surface area contributed by atoms with Crippen LogP contribution in [-0.2, 0) is 0 Å². The third-order valence-electron chi connectivity index (χ3n) is 2.44. The van der Waals surface area contributed by atoms with Gasteiger partial charge in [0.15, 0.2) is 0 Å². The molecule has 2 rings (SSSR count). The van der Waals surface area contributed by atoms with E-state index in [0.29, 0.717) is 5.88 Å². The summed E-state index contributed by atoms with van der Waals surface area (Å²) in [7, 11) is 0. The highest BCUT2D eigenvalue weighted by molar-refractivity contribution is 6.17. The Morgan fingerprint density at radius 3 is 2.93 bits per heavy atom. The minimum absolute atomic E-state index is 0.0312. The molecule has 0 aliphatic heterocycles. The molecule has 74 valence electrons. The normalized spacial score (nSPS) is 13.3. The molecule has 1 heterocycles. The van der Waals surface area contributed by atoms with Crippen LogP contribution in [0.5, 0.6) is 0 Å². The molecule has 3 heteroatoms. The molecule has 0 radical (unpaired) electrons. The van der Waals surface area contributed by atoms with Crippen LogP contribution in [0.2, 0.25) is 0 Å². The van der Waals surface area contributed by atoms with Gasteiger partial charge in [-0.15, -0.1) is 11.6 Å². The Kier molecular flexibility index (Phi) is 2.75. The molecular formula is C11H13ClN2. The average molecular weight is 209 g/mol. The fourth-order valence-electron chi connectivity index (χ4n) is 1.67. The first-order chi connectivity index (χ1) is 6.83. The van der Waals surface area contributed by atoms with E-state index in [0.717, 1.165) is 17.5 Å². The second kappa shape index (κ2) is 4.03. The molecule has 1 aromatic carbocycles. The molecule has 14 heavy (non-hydrogen) atoms. The van der Waals surface area contributed by atoms with Crippen LogP contribution in [0.1, 0.15) is 18.0 Å². The molecule has 2 nitrogen and oxygen atoms in total. The van der Waals surface area contributed by atoms with Crippen molar-refractivity contribution in [3.63, 3.8) is 0 Å². The first kappa shape index (κ1) is 9.56. The Balaban J connectivity index is 2.42. The van der Waals surface area contributed by atoms with Gasteiger partial charge in [0.1, 0.15) is 0 Å². The van der Waals surface area contributed by atoms with Crippen molar-refractivity contribution in [3.05, 3.63) is 36.0 Å². The number of para-hydroxylation sites is 1. The molecule has 0 bridgehead atoms. The first-order valence-electron chi connectivity index (χ1n) is 4.70. The van der Waals surface area contributed by atoms with E-state index in [2.05, 4.69) is 11.1 Å². The minimum atomic E-state index is 0.0312. The Morgan fingerprint density at radius 1 is 1.36 bits per heavy atom. The molecule has 1 atom stereocenters. The lowest BCUT2D eigenvalue weighted by molar-refractivity contribution is 0.708. The largest absolute Gasteiger partial charge is 0.361 e. The standard InChI is InChI=1S/C11H13ClN2/c12-6-5-10(13)9-7-14-11-4-2-1-3-8(9)11/h1-4,7,10,14H,5-6,13H2. The highest BCUT2D eigenvalue weighted by Gasteiger charge is 2.10. The van der Waals surface area contributed by atoms with Gasteiger partial charge in [0.2, 0.25) is 0 Å². The van der Waals surface area contributed by atoms with Crippen LogP contribution in [0.15, 0.2) is 30.5 Å². The number of aromatic amines is 1. The number of fused-ring (bicyclic) bond motifs is 1. The van der Waals surface area contributed by atoms with E-state index >= 15 is 0 Å². The maximum absolute atomic E-state index is 6.01. The van der Waals surface area contributed by atoms with Crippen LogP contribution in [-0.4, -0.2) is 10.9 Å². The zero-order chi connectivity index (χ0) is 9.97. The maximum atomic E-state index is 6.01. The number of aromatic nitrogens is 1. The van der Waals surface area contributed by atoms with Gasteiger partial charge in [0, 0.05) is 29.0 Å². The molecule has 1 aromatic heterocycles. The third-order valence-corrected chi connectivity index (χ3v) is 2.66. The summed E-state index contributed by atoms with van der Waals surface area (Å²) < 4.78 is 0. The summed E-state index contributed by atoms with van der Waals surface area (Å²) in [5.74, 6) is 0.598. The second-order valence-electron chi connectivity index (χ2n) is 3.37. The van der Waals surface area contributed by atoms with E-state index in [1.807, 2.05) is 24.4 Å². The Labute approximate surface area is 88.1 Å². The van der Waals surface area contributed by atoms with Crippen molar-refractivity contribution in [1.82, 2.24) is 4.98 Å². The van der Waals surface area contributed by atoms with Crippen molar-refractivity contribution >= 4 is 22.5 Å². The molecule has 2 aromatic rings. The molecule has 0 amide bonds. The molecule has 0 aliphatic rings. The van der Waals surface area contributed by atoms with Crippen molar-refractivity contribution < 1.29 is 0 Å². The van der Waals surface area contributed by atoms with E-state index in [9.17, 15) is 0 Å². The van der Waals surface area contributed by atoms with Crippen molar-refractivity contribution in [2.24, 2.45) is 5.73 Å². The number of H-pyrrole nitrogens is 1. The molecule has 0 fully saturated rings. The second-order valence-corrected chi connectivity index (χ2v) is 3.75. The van der Waals surface area contributed by atoms with Gasteiger partial charge in [-0.1, -0.05) is 18.2 Å². The minimum Gasteiger partial charge on any atom is -0.361 e. The molecule has 0 spiro atoms. The zero-order valence-corrected chi connectivity index (χ0v) is 8.59. The number of nitrogens with two attached hydrogens (primary N) is 1. The molecule has 0 saturated heterocycles. The third kappa shape index (κ3) is 1.63. The Hall–Kier alpha value is -0.990. The number of hydrogen-bond acceptors (Lipinski definition) is 1. The van der Waals surface area contributed by atoms with Crippen LogP contribution < -0.4 is 5.73 Å². The molecule has 1 unspecified atom stereocenters. The molecule has 0 saturated carbocycles. The predicted molar refractivity (Wildman–Crippen MR) is 60.6 cm³/mol. The maximum Gasteiger partial charge on any atom is 0.0457 e. The average Bonchev–Trinajstić information content (AvgIpc) is 2.61. The van der Waals surface area contributed by atoms with Crippen LogP contribution in [0.3, 0.4) is 0 Å². The SMILES string of the molecule is NC(CCCl)c1c[nH]c2ccccc12. The van der Waals surface area contributed by atoms with Crippen molar-refractivity contribution in [2.45, 2.75) is 12.5 Å². The topological polar surface area (TPSA) is 41.8 Å². The first-order valence-corrected chi connectivity index (χ1v) is 5.24. The van der Waals surface area contributed by atoms with Crippen molar-refractivity contribution in [1.29, 1.82) is 0 Å².